The monoisotopic (exact) mass is 203 g/mol. The summed E-state index contributed by atoms with van der Waals surface area (Å²) in [4.78, 5) is 13.0. The molecule has 0 unspecified atom stereocenters. The molecule has 0 saturated heterocycles. The van der Waals surface area contributed by atoms with E-state index in [1.807, 2.05) is 47.8 Å². The first-order chi connectivity index (χ1) is 6.93. The molecule has 0 saturated carbocycles. The highest BCUT2D eigenvalue weighted by atomic mass is 32.1. The SMILES string of the molecule is O=C=Nc1cccs1.c1ccccc1. The van der Waals surface area contributed by atoms with Gasteiger partial charge in [0.05, 0.1) is 0 Å². The maximum Gasteiger partial charge on any atom is 0.241 e. The van der Waals surface area contributed by atoms with Gasteiger partial charge in [-0.1, -0.05) is 36.4 Å². The second kappa shape index (κ2) is 6.78. The van der Waals surface area contributed by atoms with Crippen molar-refractivity contribution in [3.63, 3.8) is 0 Å². The topological polar surface area (TPSA) is 29.4 Å². The van der Waals surface area contributed by atoms with Crippen LogP contribution in [0.5, 0.6) is 0 Å². The number of hydrogen-bond donors (Lipinski definition) is 0. The van der Waals surface area contributed by atoms with Crippen molar-refractivity contribution in [1.29, 1.82) is 0 Å². The zero-order valence-corrected chi connectivity index (χ0v) is 8.28. The maximum atomic E-state index is 9.59. The third kappa shape index (κ3) is 4.36. The third-order valence-corrected chi connectivity index (χ3v) is 2.09. The molecule has 0 aliphatic rings. The molecule has 0 aliphatic carbocycles. The highest BCUT2D eigenvalue weighted by molar-refractivity contribution is 7.13. The fourth-order valence-corrected chi connectivity index (χ4v) is 1.31. The van der Waals surface area contributed by atoms with E-state index in [0.29, 0.717) is 5.00 Å². The lowest BCUT2D eigenvalue weighted by Gasteiger charge is -1.69. The minimum atomic E-state index is 0.708. The molecule has 1 heterocycles. The summed E-state index contributed by atoms with van der Waals surface area (Å²) in [5.41, 5.74) is 0. The Morgan fingerprint density at radius 3 is 1.93 bits per heavy atom. The molecule has 0 spiro atoms. The van der Waals surface area contributed by atoms with Gasteiger partial charge in [0.15, 0.2) is 0 Å². The summed E-state index contributed by atoms with van der Waals surface area (Å²) >= 11 is 1.42. The van der Waals surface area contributed by atoms with Crippen LogP contribution in [-0.4, -0.2) is 6.08 Å². The van der Waals surface area contributed by atoms with Crippen LogP contribution in [0.15, 0.2) is 58.9 Å². The predicted molar refractivity (Wildman–Crippen MR) is 58.5 cm³/mol. The van der Waals surface area contributed by atoms with Crippen LogP contribution in [0.2, 0.25) is 0 Å². The molecule has 70 valence electrons. The van der Waals surface area contributed by atoms with E-state index in [2.05, 4.69) is 4.99 Å². The first-order valence-corrected chi connectivity index (χ1v) is 4.93. The summed E-state index contributed by atoms with van der Waals surface area (Å²) in [5.74, 6) is 0. The van der Waals surface area contributed by atoms with E-state index in [-0.39, 0.29) is 0 Å². The van der Waals surface area contributed by atoms with Gasteiger partial charge in [0.1, 0.15) is 5.00 Å². The Balaban J connectivity index is 0.000000146. The number of carbonyl (C=O) groups excluding carboxylic acids is 1. The fraction of sp³-hybridized carbons (Fsp3) is 0. The lowest BCUT2D eigenvalue weighted by molar-refractivity contribution is 0.565. The van der Waals surface area contributed by atoms with E-state index in [4.69, 9.17) is 0 Å². The van der Waals surface area contributed by atoms with Gasteiger partial charge in [-0.15, -0.1) is 11.3 Å². The quantitative estimate of drug-likeness (QED) is 0.516. The highest BCUT2D eigenvalue weighted by Crippen LogP contribution is 2.17. The smallest absolute Gasteiger partial charge is 0.211 e. The van der Waals surface area contributed by atoms with Gasteiger partial charge in [-0.25, -0.2) is 4.79 Å². The summed E-state index contributed by atoms with van der Waals surface area (Å²) in [5, 5.41) is 2.57. The molecule has 1 aromatic carbocycles. The van der Waals surface area contributed by atoms with Gasteiger partial charge in [-0.3, -0.25) is 0 Å². The van der Waals surface area contributed by atoms with Gasteiger partial charge >= 0.3 is 0 Å². The van der Waals surface area contributed by atoms with Gasteiger partial charge in [0.2, 0.25) is 6.08 Å². The summed E-state index contributed by atoms with van der Waals surface area (Å²) in [6, 6.07) is 15.6. The number of aliphatic imine (C=N–C) groups is 1. The summed E-state index contributed by atoms with van der Waals surface area (Å²) in [7, 11) is 0. The van der Waals surface area contributed by atoms with Crippen LogP contribution in [0.3, 0.4) is 0 Å². The Kier molecular flexibility index (Phi) is 5.03. The third-order valence-electron chi connectivity index (χ3n) is 1.33. The van der Waals surface area contributed by atoms with E-state index in [0.717, 1.165) is 0 Å². The number of benzene rings is 1. The average molecular weight is 203 g/mol. The van der Waals surface area contributed by atoms with E-state index >= 15 is 0 Å². The van der Waals surface area contributed by atoms with Gasteiger partial charge in [0, 0.05) is 0 Å². The van der Waals surface area contributed by atoms with Crippen molar-refractivity contribution in [1.82, 2.24) is 0 Å². The first kappa shape index (κ1) is 10.4. The summed E-state index contributed by atoms with van der Waals surface area (Å²) in [6.07, 6.45) is 1.46. The number of rotatable bonds is 1. The van der Waals surface area contributed by atoms with Crippen molar-refractivity contribution < 1.29 is 4.79 Å². The van der Waals surface area contributed by atoms with Crippen LogP contribution in [0.4, 0.5) is 5.00 Å². The number of nitrogens with zero attached hydrogens (tertiary/aromatic N) is 1. The van der Waals surface area contributed by atoms with Crippen LogP contribution in [0.1, 0.15) is 0 Å². The molecule has 0 N–H and O–H groups in total. The van der Waals surface area contributed by atoms with Crippen LogP contribution < -0.4 is 0 Å². The molecule has 0 radical (unpaired) electrons. The highest BCUT2D eigenvalue weighted by Gasteiger charge is 1.82. The van der Waals surface area contributed by atoms with E-state index in [1.165, 1.54) is 17.4 Å². The molecule has 1 aromatic heterocycles. The van der Waals surface area contributed by atoms with Crippen molar-refractivity contribution >= 4 is 22.4 Å². The van der Waals surface area contributed by atoms with Crippen molar-refractivity contribution in [3.8, 4) is 0 Å². The molecule has 2 rings (SSSR count). The Labute approximate surface area is 86.6 Å². The van der Waals surface area contributed by atoms with Gasteiger partial charge in [-0.2, -0.15) is 4.99 Å². The minimum absolute atomic E-state index is 0.708. The molecule has 14 heavy (non-hydrogen) atoms. The molecular weight excluding hydrogens is 194 g/mol. The molecular formula is C11H9NOS. The van der Waals surface area contributed by atoms with Crippen molar-refractivity contribution in [2.24, 2.45) is 4.99 Å². The van der Waals surface area contributed by atoms with Gasteiger partial charge in [-0.05, 0) is 17.5 Å². The lowest BCUT2D eigenvalue weighted by Crippen LogP contribution is -1.47. The lowest BCUT2D eigenvalue weighted by atomic mass is 10.4. The molecule has 0 atom stereocenters. The molecule has 0 amide bonds. The van der Waals surface area contributed by atoms with Gasteiger partial charge in [0.25, 0.3) is 0 Å². The van der Waals surface area contributed by atoms with Gasteiger partial charge < -0.3 is 0 Å². The van der Waals surface area contributed by atoms with E-state index in [9.17, 15) is 4.79 Å². The van der Waals surface area contributed by atoms with Crippen LogP contribution in [-0.2, 0) is 4.79 Å². The van der Waals surface area contributed by atoms with Crippen molar-refractivity contribution in [2.45, 2.75) is 0 Å². The Bertz CT molecular complexity index is 350. The van der Waals surface area contributed by atoms with Crippen LogP contribution in [0, 0.1) is 0 Å². The molecule has 0 aliphatic heterocycles. The molecule has 0 bridgehead atoms. The van der Waals surface area contributed by atoms with Crippen molar-refractivity contribution in [2.75, 3.05) is 0 Å². The number of thiophene rings is 1. The molecule has 0 fully saturated rings. The standard InChI is InChI=1S/C6H6.C5H3NOS/c1-2-4-6-5-3-1;7-4-6-5-2-1-3-8-5/h1-6H;1-3H. The molecule has 2 aromatic rings. The Morgan fingerprint density at radius 1 is 1.00 bits per heavy atom. The summed E-state index contributed by atoms with van der Waals surface area (Å²) < 4.78 is 0. The fourth-order valence-electron chi connectivity index (χ4n) is 0.763. The largest absolute Gasteiger partial charge is 0.241 e. The second-order valence-electron chi connectivity index (χ2n) is 2.31. The first-order valence-electron chi connectivity index (χ1n) is 4.05. The number of hydrogen-bond acceptors (Lipinski definition) is 3. The Morgan fingerprint density at radius 2 is 1.57 bits per heavy atom. The Hall–Kier alpha value is -1.70. The normalized spacial score (nSPS) is 8.00. The zero-order chi connectivity index (χ0) is 10.1. The van der Waals surface area contributed by atoms with Crippen LogP contribution >= 0.6 is 11.3 Å². The van der Waals surface area contributed by atoms with Crippen molar-refractivity contribution in [3.05, 3.63) is 53.9 Å². The molecule has 3 heteroatoms. The zero-order valence-electron chi connectivity index (χ0n) is 7.46. The van der Waals surface area contributed by atoms with Crippen LogP contribution in [0.25, 0.3) is 0 Å². The van der Waals surface area contributed by atoms with E-state index in [1.54, 1.807) is 6.07 Å². The maximum absolute atomic E-state index is 9.59. The average Bonchev–Trinajstić information content (AvgIpc) is 2.75. The summed E-state index contributed by atoms with van der Waals surface area (Å²) in [6.45, 7) is 0. The number of isocyanates is 1. The predicted octanol–water partition coefficient (Wildman–Crippen LogP) is 3.40. The van der Waals surface area contributed by atoms with E-state index < -0.39 is 0 Å². The second-order valence-corrected chi connectivity index (χ2v) is 3.24. The minimum Gasteiger partial charge on any atom is -0.211 e. The molecule has 2 nitrogen and oxygen atoms in total.